The number of methoxy groups -OCH3 is 1. The van der Waals surface area contributed by atoms with Crippen LogP contribution in [0, 0.1) is 5.41 Å². The van der Waals surface area contributed by atoms with E-state index in [1.165, 1.54) is 14.0 Å². The van der Waals surface area contributed by atoms with Crippen LogP contribution in [-0.4, -0.2) is 43.1 Å². The minimum Gasteiger partial charge on any atom is -0.425 e. The van der Waals surface area contributed by atoms with E-state index in [1.54, 1.807) is 30.3 Å². The number of esters is 1. The van der Waals surface area contributed by atoms with Gasteiger partial charge in [0.05, 0.1) is 6.21 Å². The number of hydrogen-bond donors (Lipinski definition) is 2. The maximum atomic E-state index is 12.2. The van der Waals surface area contributed by atoms with Gasteiger partial charge >= 0.3 is 5.97 Å². The van der Waals surface area contributed by atoms with E-state index in [0.717, 1.165) is 0 Å². The van der Waals surface area contributed by atoms with Gasteiger partial charge in [0, 0.05) is 13.5 Å². The zero-order chi connectivity index (χ0) is 17.2. The van der Waals surface area contributed by atoms with E-state index >= 15 is 0 Å². The first-order valence-electron chi connectivity index (χ1n) is 7.11. The molecular weight excluding hydrogens is 300 g/mol. The fourth-order valence-electron chi connectivity index (χ4n) is 1.68. The molecule has 0 radical (unpaired) electrons. The van der Waals surface area contributed by atoms with Crippen molar-refractivity contribution in [3.05, 3.63) is 30.3 Å². The van der Waals surface area contributed by atoms with Crippen LogP contribution < -0.4 is 10.1 Å². The second-order valence-corrected chi connectivity index (χ2v) is 4.82. The summed E-state index contributed by atoms with van der Waals surface area (Å²) in [5.41, 5.74) is 0. The number of amides is 1. The third-order valence-electron chi connectivity index (χ3n) is 3.13. The third-order valence-corrected chi connectivity index (χ3v) is 3.13. The van der Waals surface area contributed by atoms with Gasteiger partial charge < -0.3 is 20.2 Å². The molecule has 0 fully saturated rings. The molecule has 0 aliphatic heterocycles. The Morgan fingerprint density at radius 1 is 1.26 bits per heavy atom. The highest BCUT2D eigenvalue weighted by Crippen LogP contribution is 2.11. The molecule has 2 atom stereocenters. The van der Waals surface area contributed by atoms with E-state index in [4.69, 9.17) is 14.9 Å². The van der Waals surface area contributed by atoms with Gasteiger partial charge in [-0.05, 0) is 25.5 Å². The molecule has 0 saturated carbocycles. The maximum absolute atomic E-state index is 12.2. The smallest absolute Gasteiger partial charge is 0.334 e. The van der Waals surface area contributed by atoms with Crippen LogP contribution in [0.4, 0.5) is 0 Å². The Hall–Kier alpha value is -2.54. The zero-order valence-electron chi connectivity index (χ0n) is 13.1. The van der Waals surface area contributed by atoms with Gasteiger partial charge in [0.25, 0.3) is 0 Å². The van der Waals surface area contributed by atoms with Gasteiger partial charge in [-0.3, -0.25) is 9.59 Å². The Morgan fingerprint density at radius 3 is 2.48 bits per heavy atom. The Balaban J connectivity index is 2.75. The SMILES string of the molecule is CO[C@H](C)C(=O)N[C@@H](CCC(=O)C=N)C(=O)Oc1ccccc1. The Labute approximate surface area is 134 Å². The lowest BCUT2D eigenvalue weighted by Crippen LogP contribution is -2.47. The van der Waals surface area contributed by atoms with Crippen molar-refractivity contribution in [2.45, 2.75) is 31.9 Å². The molecule has 23 heavy (non-hydrogen) atoms. The first kappa shape index (κ1) is 18.5. The third kappa shape index (κ3) is 6.39. The maximum Gasteiger partial charge on any atom is 0.334 e. The standard InChI is InChI=1S/C16H20N2O5/c1-11(22-2)15(20)18-14(9-8-12(19)10-17)16(21)23-13-6-4-3-5-7-13/h3-7,10-11,14,17H,8-9H2,1-2H3,(H,18,20)/t11-,14+/m1/s1. The monoisotopic (exact) mass is 320 g/mol. The molecule has 0 bridgehead atoms. The van der Waals surface area contributed by atoms with E-state index in [9.17, 15) is 14.4 Å². The molecule has 1 rings (SSSR count). The van der Waals surface area contributed by atoms with Crippen LogP contribution in [0.2, 0.25) is 0 Å². The van der Waals surface area contributed by atoms with Crippen molar-refractivity contribution in [2.24, 2.45) is 0 Å². The molecule has 0 unspecified atom stereocenters. The molecule has 0 spiro atoms. The van der Waals surface area contributed by atoms with E-state index in [1.807, 2.05) is 0 Å². The van der Waals surface area contributed by atoms with Crippen molar-refractivity contribution >= 4 is 23.9 Å². The molecular formula is C16H20N2O5. The van der Waals surface area contributed by atoms with E-state index in [2.05, 4.69) is 5.32 Å². The van der Waals surface area contributed by atoms with Crippen LogP contribution in [0.5, 0.6) is 5.75 Å². The Morgan fingerprint density at radius 2 is 1.91 bits per heavy atom. The van der Waals surface area contributed by atoms with Crippen molar-refractivity contribution in [2.75, 3.05) is 7.11 Å². The molecule has 0 aliphatic carbocycles. The second kappa shape index (κ2) is 9.47. The van der Waals surface area contributed by atoms with Crippen LogP contribution in [0.1, 0.15) is 19.8 Å². The Kier molecular flexibility index (Phi) is 7.62. The lowest BCUT2D eigenvalue weighted by atomic mass is 10.1. The van der Waals surface area contributed by atoms with Crippen molar-refractivity contribution in [3.8, 4) is 5.75 Å². The normalized spacial score (nSPS) is 12.8. The topological polar surface area (TPSA) is 106 Å². The predicted molar refractivity (Wildman–Crippen MR) is 83.5 cm³/mol. The van der Waals surface area contributed by atoms with Crippen molar-refractivity contribution in [3.63, 3.8) is 0 Å². The molecule has 7 heteroatoms. The zero-order valence-corrected chi connectivity index (χ0v) is 13.1. The van der Waals surface area contributed by atoms with E-state index in [0.29, 0.717) is 12.0 Å². The summed E-state index contributed by atoms with van der Waals surface area (Å²) in [6.45, 7) is 1.54. The van der Waals surface area contributed by atoms with Gasteiger partial charge in [0.15, 0.2) is 5.78 Å². The number of benzene rings is 1. The molecule has 1 aromatic rings. The highest BCUT2D eigenvalue weighted by atomic mass is 16.5. The van der Waals surface area contributed by atoms with Gasteiger partial charge in [-0.1, -0.05) is 18.2 Å². The molecule has 2 N–H and O–H groups in total. The number of hydrogen-bond acceptors (Lipinski definition) is 6. The summed E-state index contributed by atoms with van der Waals surface area (Å²) in [7, 11) is 1.38. The summed E-state index contributed by atoms with van der Waals surface area (Å²) < 4.78 is 10.1. The molecule has 0 saturated heterocycles. The number of Topliss-reactive ketones (excluding diaryl/α,β-unsaturated/α-hetero) is 1. The second-order valence-electron chi connectivity index (χ2n) is 4.82. The molecule has 0 aromatic heterocycles. The molecule has 0 heterocycles. The molecule has 1 aromatic carbocycles. The van der Waals surface area contributed by atoms with Gasteiger partial charge in [0.2, 0.25) is 5.91 Å². The van der Waals surface area contributed by atoms with Crippen molar-refractivity contribution < 1.29 is 23.9 Å². The average Bonchev–Trinajstić information content (AvgIpc) is 2.57. The molecule has 1 amide bonds. The van der Waals surface area contributed by atoms with Crippen molar-refractivity contribution in [1.82, 2.24) is 5.32 Å². The average molecular weight is 320 g/mol. The van der Waals surface area contributed by atoms with Gasteiger partial charge in [0.1, 0.15) is 17.9 Å². The number of carbonyl (C=O) groups is 3. The fourth-order valence-corrected chi connectivity index (χ4v) is 1.68. The first-order chi connectivity index (χ1) is 11.0. The predicted octanol–water partition coefficient (Wildman–Crippen LogP) is 1.11. The van der Waals surface area contributed by atoms with Crippen LogP contribution >= 0.6 is 0 Å². The van der Waals surface area contributed by atoms with Crippen LogP contribution in [0.15, 0.2) is 30.3 Å². The summed E-state index contributed by atoms with van der Waals surface area (Å²) in [6, 6.07) is 7.42. The fraction of sp³-hybridized carbons (Fsp3) is 0.375. The number of para-hydroxylation sites is 1. The van der Waals surface area contributed by atoms with E-state index in [-0.39, 0.29) is 12.8 Å². The number of carbonyl (C=O) groups excluding carboxylic acids is 3. The minimum absolute atomic E-state index is 0.0420. The highest BCUT2D eigenvalue weighted by molar-refractivity contribution is 6.26. The van der Waals surface area contributed by atoms with Crippen LogP contribution in [0.25, 0.3) is 0 Å². The summed E-state index contributed by atoms with van der Waals surface area (Å²) in [6.07, 6.45) is -0.0542. The first-order valence-corrected chi connectivity index (χ1v) is 7.11. The van der Waals surface area contributed by atoms with Gasteiger partial charge in [-0.2, -0.15) is 0 Å². The summed E-state index contributed by atoms with van der Waals surface area (Å²) in [5.74, 6) is -1.25. The largest absolute Gasteiger partial charge is 0.425 e. The number of ketones is 1. The lowest BCUT2D eigenvalue weighted by Gasteiger charge is -2.19. The molecule has 7 nitrogen and oxygen atoms in total. The number of ether oxygens (including phenoxy) is 2. The quantitative estimate of drug-likeness (QED) is 0.403. The number of nitrogens with one attached hydrogen (secondary N) is 2. The highest BCUT2D eigenvalue weighted by Gasteiger charge is 2.25. The van der Waals surface area contributed by atoms with Crippen LogP contribution in [0.3, 0.4) is 0 Å². The van der Waals surface area contributed by atoms with E-state index < -0.39 is 29.8 Å². The molecule has 0 aliphatic rings. The van der Waals surface area contributed by atoms with Crippen molar-refractivity contribution in [1.29, 1.82) is 5.41 Å². The summed E-state index contributed by atoms with van der Waals surface area (Å²) >= 11 is 0. The number of rotatable bonds is 9. The Bertz CT molecular complexity index is 559. The minimum atomic E-state index is -0.996. The lowest BCUT2D eigenvalue weighted by molar-refractivity contribution is -0.141. The summed E-state index contributed by atoms with van der Waals surface area (Å²) in [5, 5.41) is 9.38. The van der Waals surface area contributed by atoms with Gasteiger partial charge in [-0.15, -0.1) is 0 Å². The molecule has 124 valence electrons. The van der Waals surface area contributed by atoms with Crippen LogP contribution in [-0.2, 0) is 19.1 Å². The van der Waals surface area contributed by atoms with Gasteiger partial charge in [-0.25, -0.2) is 4.79 Å². The summed E-state index contributed by atoms with van der Waals surface area (Å²) in [4.78, 5) is 35.3.